The molecule has 8 nitrogen and oxygen atoms in total. The van der Waals surface area contributed by atoms with Crippen molar-refractivity contribution in [2.45, 2.75) is 11.8 Å². The molecular formula is C18H14FN3O5S2. The number of nitro groups is 1. The number of rotatable bonds is 6. The molecule has 2 N–H and O–H groups in total. The van der Waals surface area contributed by atoms with Crippen LogP contribution in [0.2, 0.25) is 0 Å². The van der Waals surface area contributed by atoms with Gasteiger partial charge in [0.25, 0.3) is 21.6 Å². The van der Waals surface area contributed by atoms with Crippen molar-refractivity contribution in [3.05, 3.63) is 80.3 Å². The summed E-state index contributed by atoms with van der Waals surface area (Å²) in [7, 11) is -4.51. The minimum atomic E-state index is -4.51. The third-order valence-electron chi connectivity index (χ3n) is 3.94. The van der Waals surface area contributed by atoms with E-state index >= 15 is 0 Å². The largest absolute Gasteiger partial charge is 0.292 e. The summed E-state index contributed by atoms with van der Waals surface area (Å²) in [4.78, 5) is 23.8. The van der Waals surface area contributed by atoms with Crippen molar-refractivity contribution in [3.63, 3.8) is 0 Å². The zero-order valence-electron chi connectivity index (χ0n) is 14.9. The molecule has 1 amide bonds. The fourth-order valence-electron chi connectivity index (χ4n) is 2.53. The Kier molecular flexibility index (Phi) is 5.73. The van der Waals surface area contributed by atoms with Crippen molar-refractivity contribution in [1.29, 1.82) is 0 Å². The predicted molar refractivity (Wildman–Crippen MR) is 105 cm³/mol. The Bertz CT molecular complexity index is 1190. The molecule has 0 bridgehead atoms. The molecule has 0 fully saturated rings. The van der Waals surface area contributed by atoms with Gasteiger partial charge < -0.3 is 0 Å². The normalized spacial score (nSPS) is 11.2. The number of hydrogen-bond donors (Lipinski definition) is 2. The van der Waals surface area contributed by atoms with E-state index in [1.807, 2.05) is 41.4 Å². The van der Waals surface area contributed by atoms with Crippen LogP contribution in [0.4, 0.5) is 10.1 Å². The lowest BCUT2D eigenvalue weighted by Gasteiger charge is -2.09. The number of benzene rings is 2. The van der Waals surface area contributed by atoms with E-state index in [0.717, 1.165) is 34.6 Å². The summed E-state index contributed by atoms with van der Waals surface area (Å²) in [5, 5.41) is 12.7. The highest BCUT2D eigenvalue weighted by Crippen LogP contribution is 2.29. The lowest BCUT2D eigenvalue weighted by molar-refractivity contribution is -0.388. The van der Waals surface area contributed by atoms with Crippen LogP contribution < -0.4 is 10.3 Å². The number of nitro benzene ring substituents is 1. The first-order valence-electron chi connectivity index (χ1n) is 8.09. The number of thiophene rings is 1. The monoisotopic (exact) mass is 435 g/mol. The minimum Gasteiger partial charge on any atom is -0.273 e. The molecule has 1 aromatic heterocycles. The van der Waals surface area contributed by atoms with E-state index in [1.165, 1.54) is 0 Å². The number of amides is 1. The van der Waals surface area contributed by atoms with Crippen LogP contribution in [0.5, 0.6) is 0 Å². The second-order valence-corrected chi connectivity index (χ2v) is 8.53. The molecule has 29 heavy (non-hydrogen) atoms. The number of carbonyl (C=O) groups excluding carboxylic acids is 1. The SMILES string of the molecule is Cc1ccc(-c2ccsc2C(=O)NNS(=O)(=O)c2ccc(F)cc2[N+](=O)[O-])cc1. The van der Waals surface area contributed by atoms with Crippen molar-refractivity contribution in [1.82, 2.24) is 10.3 Å². The standard InChI is InChI=1S/C18H14FN3O5S2/c1-11-2-4-12(5-3-11)14-8-9-28-17(14)18(23)20-21-29(26,27)16-7-6-13(19)10-15(16)22(24)25/h2-10,21H,1H3,(H,20,23). The van der Waals surface area contributed by atoms with Gasteiger partial charge >= 0.3 is 0 Å². The van der Waals surface area contributed by atoms with Crippen molar-refractivity contribution in [2.75, 3.05) is 0 Å². The molecule has 3 rings (SSSR count). The number of hydrogen-bond acceptors (Lipinski definition) is 6. The highest BCUT2D eigenvalue weighted by atomic mass is 32.2. The second kappa shape index (κ2) is 8.07. The minimum absolute atomic E-state index is 0.255. The topological polar surface area (TPSA) is 118 Å². The van der Waals surface area contributed by atoms with E-state index in [9.17, 15) is 27.7 Å². The van der Waals surface area contributed by atoms with E-state index in [0.29, 0.717) is 11.6 Å². The smallest absolute Gasteiger partial charge is 0.273 e. The maximum atomic E-state index is 13.2. The Hall–Kier alpha value is -3.15. The molecule has 0 aliphatic heterocycles. The Morgan fingerprint density at radius 1 is 1.14 bits per heavy atom. The second-order valence-electron chi connectivity index (χ2n) is 5.96. The molecule has 0 atom stereocenters. The van der Waals surface area contributed by atoms with Crippen molar-refractivity contribution in [2.24, 2.45) is 0 Å². The van der Waals surface area contributed by atoms with Gasteiger partial charge in [-0.15, -0.1) is 16.2 Å². The van der Waals surface area contributed by atoms with E-state index < -0.39 is 37.3 Å². The summed E-state index contributed by atoms with van der Waals surface area (Å²) in [5.41, 5.74) is 3.53. The van der Waals surface area contributed by atoms with Crippen molar-refractivity contribution < 1.29 is 22.5 Å². The molecule has 0 radical (unpaired) electrons. The van der Waals surface area contributed by atoms with Gasteiger partial charge in [0, 0.05) is 5.56 Å². The van der Waals surface area contributed by atoms with Crippen LogP contribution >= 0.6 is 11.3 Å². The number of nitrogens with zero attached hydrogens (tertiary/aromatic N) is 1. The van der Waals surface area contributed by atoms with Gasteiger partial charge in [-0.05, 0) is 36.1 Å². The molecule has 0 aliphatic rings. The van der Waals surface area contributed by atoms with Crippen LogP contribution in [0, 0.1) is 22.9 Å². The fourth-order valence-corrected chi connectivity index (χ4v) is 4.34. The average molecular weight is 435 g/mol. The highest BCUT2D eigenvalue weighted by Gasteiger charge is 2.27. The fraction of sp³-hybridized carbons (Fsp3) is 0.0556. The van der Waals surface area contributed by atoms with Crippen LogP contribution in [0.15, 0.2) is 58.8 Å². The summed E-state index contributed by atoms with van der Waals surface area (Å²) in [6.45, 7) is 1.93. The lowest BCUT2D eigenvalue weighted by atomic mass is 10.1. The van der Waals surface area contributed by atoms with Gasteiger partial charge in [0.1, 0.15) is 10.7 Å². The summed E-state index contributed by atoms with van der Waals surface area (Å²) in [5.74, 6) is -1.69. The molecular weight excluding hydrogens is 421 g/mol. The number of sulfonamides is 1. The maximum absolute atomic E-state index is 13.2. The first-order valence-corrected chi connectivity index (χ1v) is 10.5. The third-order valence-corrected chi connectivity index (χ3v) is 6.15. The summed E-state index contributed by atoms with van der Waals surface area (Å²) in [6.07, 6.45) is 0. The molecule has 0 aliphatic carbocycles. The molecule has 150 valence electrons. The Labute approximate surface area is 169 Å². The van der Waals surface area contributed by atoms with Gasteiger partial charge in [0.2, 0.25) is 0 Å². The molecule has 0 saturated heterocycles. The van der Waals surface area contributed by atoms with E-state index in [2.05, 4.69) is 0 Å². The van der Waals surface area contributed by atoms with Gasteiger partial charge in [-0.3, -0.25) is 20.3 Å². The molecule has 3 aromatic rings. The Morgan fingerprint density at radius 3 is 2.48 bits per heavy atom. The van der Waals surface area contributed by atoms with Crippen LogP contribution in [0.1, 0.15) is 15.2 Å². The first-order chi connectivity index (χ1) is 13.7. The number of nitrogens with one attached hydrogen (secondary N) is 2. The summed E-state index contributed by atoms with van der Waals surface area (Å²) < 4.78 is 38.0. The van der Waals surface area contributed by atoms with Crippen LogP contribution in [0.25, 0.3) is 11.1 Å². The first kappa shape index (κ1) is 20.6. The summed E-state index contributed by atoms with van der Waals surface area (Å²) >= 11 is 1.11. The molecule has 0 saturated carbocycles. The molecule has 2 aromatic carbocycles. The van der Waals surface area contributed by atoms with Gasteiger partial charge in [-0.25, -0.2) is 12.8 Å². The van der Waals surface area contributed by atoms with Gasteiger partial charge in [-0.1, -0.05) is 29.8 Å². The van der Waals surface area contributed by atoms with Crippen LogP contribution in [-0.4, -0.2) is 19.2 Å². The third kappa shape index (κ3) is 4.47. The van der Waals surface area contributed by atoms with Gasteiger partial charge in [0.15, 0.2) is 4.90 Å². The van der Waals surface area contributed by atoms with E-state index in [-0.39, 0.29) is 4.88 Å². The number of hydrazine groups is 1. The predicted octanol–water partition coefficient (Wildman–Crippen LogP) is 3.39. The van der Waals surface area contributed by atoms with Crippen molar-refractivity contribution >= 4 is 33.0 Å². The van der Waals surface area contributed by atoms with Crippen LogP contribution in [-0.2, 0) is 10.0 Å². The maximum Gasteiger partial charge on any atom is 0.292 e. The quantitative estimate of drug-likeness (QED) is 0.454. The van der Waals surface area contributed by atoms with E-state index in [4.69, 9.17) is 0 Å². The lowest BCUT2D eigenvalue weighted by Crippen LogP contribution is -2.41. The van der Waals surface area contributed by atoms with Gasteiger partial charge in [-0.2, -0.15) is 0 Å². The molecule has 0 spiro atoms. The number of halogens is 1. The highest BCUT2D eigenvalue weighted by molar-refractivity contribution is 7.89. The molecule has 0 unspecified atom stereocenters. The Morgan fingerprint density at radius 2 is 1.83 bits per heavy atom. The zero-order chi connectivity index (χ0) is 21.2. The van der Waals surface area contributed by atoms with Gasteiger partial charge in [0.05, 0.1) is 11.0 Å². The summed E-state index contributed by atoms with van der Waals surface area (Å²) in [6, 6.07) is 11.2. The number of carbonyl (C=O) groups is 1. The Balaban J connectivity index is 1.82. The average Bonchev–Trinajstić information content (AvgIpc) is 3.16. The van der Waals surface area contributed by atoms with Crippen LogP contribution in [0.3, 0.4) is 0 Å². The molecule has 11 heteroatoms. The molecule has 1 heterocycles. The van der Waals surface area contributed by atoms with Crippen molar-refractivity contribution in [3.8, 4) is 11.1 Å². The zero-order valence-corrected chi connectivity index (χ0v) is 16.5. The van der Waals surface area contributed by atoms with E-state index in [1.54, 1.807) is 11.4 Å². The number of aryl methyl sites for hydroxylation is 1.